The Morgan fingerprint density at radius 1 is 1.15 bits per heavy atom. The second-order valence-corrected chi connectivity index (χ2v) is 9.68. The average molecular weight is 551 g/mol. The van der Waals surface area contributed by atoms with Crippen molar-refractivity contribution in [3.05, 3.63) is 80.1 Å². The second kappa shape index (κ2) is 8.66. The molecule has 0 fully saturated rings. The molecule has 5 nitrogen and oxygen atoms in total. The average Bonchev–Trinajstić information content (AvgIpc) is 3.40. The summed E-state index contributed by atoms with van der Waals surface area (Å²) in [5, 5.41) is 3.01. The number of methoxy groups -OCH3 is 1. The highest BCUT2D eigenvalue weighted by Gasteiger charge is 2.36. The lowest BCUT2D eigenvalue weighted by Gasteiger charge is -2.35. The van der Waals surface area contributed by atoms with Gasteiger partial charge in [0.2, 0.25) is 0 Å². The number of fused-ring (bicyclic) bond motifs is 3. The number of benzene rings is 2. The van der Waals surface area contributed by atoms with Crippen LogP contribution in [0.1, 0.15) is 32.5 Å². The van der Waals surface area contributed by atoms with Crippen LogP contribution >= 0.6 is 27.3 Å². The number of rotatable bonds is 4. The molecule has 0 radical (unpaired) electrons. The molecule has 4 aromatic rings. The molecule has 2 aromatic carbocycles. The molecule has 1 aliphatic rings. The largest absolute Gasteiger partial charge is 0.573 e. The zero-order chi connectivity index (χ0) is 24.0. The van der Waals surface area contributed by atoms with E-state index in [1.807, 2.05) is 29.6 Å². The van der Waals surface area contributed by atoms with Crippen molar-refractivity contribution in [1.82, 2.24) is 9.88 Å². The van der Waals surface area contributed by atoms with Crippen LogP contribution in [0.2, 0.25) is 0 Å². The first-order valence-electron chi connectivity index (χ1n) is 10.3. The summed E-state index contributed by atoms with van der Waals surface area (Å²) in [6.45, 7) is 0.455. The molecule has 1 atom stereocenters. The Hall–Kier alpha value is -2.98. The van der Waals surface area contributed by atoms with Crippen LogP contribution < -0.4 is 9.47 Å². The highest BCUT2D eigenvalue weighted by Crippen LogP contribution is 2.42. The van der Waals surface area contributed by atoms with E-state index < -0.39 is 6.36 Å². The number of alkyl halides is 3. The molecule has 0 spiro atoms. The first kappa shape index (κ1) is 22.8. The molecular formula is C24H18BrF3N2O3S. The number of aromatic nitrogens is 1. The number of amides is 1. The van der Waals surface area contributed by atoms with Crippen LogP contribution in [0, 0.1) is 0 Å². The van der Waals surface area contributed by atoms with Crippen molar-refractivity contribution in [2.75, 3.05) is 13.7 Å². The van der Waals surface area contributed by atoms with E-state index in [4.69, 9.17) is 4.74 Å². The van der Waals surface area contributed by atoms with Crippen LogP contribution in [0.25, 0.3) is 10.9 Å². The normalized spacial score (nSPS) is 15.9. The van der Waals surface area contributed by atoms with Gasteiger partial charge in [0.15, 0.2) is 0 Å². The van der Waals surface area contributed by atoms with Crippen LogP contribution in [-0.2, 0) is 6.42 Å². The number of carbonyl (C=O) groups excluding carboxylic acids is 1. The molecule has 34 heavy (non-hydrogen) atoms. The van der Waals surface area contributed by atoms with Gasteiger partial charge in [-0.05, 0) is 76.4 Å². The van der Waals surface area contributed by atoms with E-state index in [0.717, 1.165) is 49.4 Å². The molecule has 0 aliphatic carbocycles. The first-order chi connectivity index (χ1) is 16.2. The molecule has 176 valence electrons. The minimum absolute atomic E-state index is 0.269. The summed E-state index contributed by atoms with van der Waals surface area (Å²) in [7, 11) is 1.62. The lowest BCUT2D eigenvalue weighted by molar-refractivity contribution is -0.274. The van der Waals surface area contributed by atoms with Crippen molar-refractivity contribution in [1.29, 1.82) is 0 Å². The molecule has 2 aromatic heterocycles. The van der Waals surface area contributed by atoms with Crippen molar-refractivity contribution in [3.63, 3.8) is 0 Å². The zero-order valence-corrected chi connectivity index (χ0v) is 20.2. The lowest BCUT2D eigenvalue weighted by Crippen LogP contribution is -2.40. The Labute approximate surface area is 205 Å². The van der Waals surface area contributed by atoms with E-state index >= 15 is 0 Å². The number of carbonyl (C=O) groups is 1. The lowest BCUT2D eigenvalue weighted by atomic mass is 9.95. The number of nitrogens with one attached hydrogen (secondary N) is 1. The predicted octanol–water partition coefficient (Wildman–Crippen LogP) is 6.69. The van der Waals surface area contributed by atoms with Crippen LogP contribution in [0.5, 0.6) is 11.5 Å². The topological polar surface area (TPSA) is 54.6 Å². The summed E-state index contributed by atoms with van der Waals surface area (Å²) in [6.07, 6.45) is -4.16. The van der Waals surface area contributed by atoms with E-state index in [0.29, 0.717) is 13.0 Å². The van der Waals surface area contributed by atoms with Crippen molar-refractivity contribution >= 4 is 44.1 Å². The van der Waals surface area contributed by atoms with Crippen molar-refractivity contribution in [2.24, 2.45) is 0 Å². The van der Waals surface area contributed by atoms with Gasteiger partial charge in [-0.3, -0.25) is 4.79 Å². The molecule has 0 saturated carbocycles. The fourth-order valence-corrected chi connectivity index (χ4v) is 5.91. The molecule has 1 N–H and O–H groups in total. The molecule has 0 saturated heterocycles. The van der Waals surface area contributed by atoms with Crippen LogP contribution in [-0.4, -0.2) is 35.8 Å². The van der Waals surface area contributed by atoms with E-state index in [2.05, 4.69) is 25.7 Å². The summed E-state index contributed by atoms with van der Waals surface area (Å²) >= 11 is 5.03. The number of hydrogen-bond donors (Lipinski definition) is 1. The Balaban J connectivity index is 1.54. The van der Waals surface area contributed by atoms with Crippen molar-refractivity contribution < 1.29 is 27.4 Å². The Bertz CT molecular complexity index is 1360. The fourth-order valence-electron chi connectivity index (χ4n) is 4.35. The van der Waals surface area contributed by atoms with Gasteiger partial charge in [-0.1, -0.05) is 0 Å². The number of halogens is 4. The highest BCUT2D eigenvalue weighted by molar-refractivity contribution is 9.10. The SMILES string of the molecule is COc1ccc2[nH]c3c(c2c1)CCN(C(=O)c1ccc(OC(F)(F)F)cc1)[C@@H]3c1cc(Br)cs1. The Morgan fingerprint density at radius 2 is 1.88 bits per heavy atom. The van der Waals surface area contributed by atoms with Gasteiger partial charge in [-0.25, -0.2) is 0 Å². The summed E-state index contributed by atoms with van der Waals surface area (Å²) in [5.74, 6) is 0.118. The third-order valence-electron chi connectivity index (χ3n) is 5.79. The minimum atomic E-state index is -4.79. The summed E-state index contributed by atoms with van der Waals surface area (Å²) in [4.78, 5) is 19.8. The van der Waals surface area contributed by atoms with Gasteiger partial charge >= 0.3 is 6.36 Å². The van der Waals surface area contributed by atoms with Crippen LogP contribution in [0.4, 0.5) is 13.2 Å². The van der Waals surface area contributed by atoms with E-state index in [1.54, 1.807) is 12.0 Å². The monoisotopic (exact) mass is 550 g/mol. The van der Waals surface area contributed by atoms with Gasteiger partial charge in [0.1, 0.15) is 17.5 Å². The summed E-state index contributed by atoms with van der Waals surface area (Å²) in [5.41, 5.74) is 3.29. The van der Waals surface area contributed by atoms with Crippen LogP contribution in [0.15, 0.2) is 58.4 Å². The fraction of sp³-hybridized carbons (Fsp3) is 0.208. The summed E-state index contributed by atoms with van der Waals surface area (Å²) in [6, 6.07) is 12.5. The molecule has 10 heteroatoms. The Kier molecular flexibility index (Phi) is 5.81. The van der Waals surface area contributed by atoms with Crippen LogP contribution in [0.3, 0.4) is 0 Å². The molecule has 0 unspecified atom stereocenters. The summed E-state index contributed by atoms with van der Waals surface area (Å²) < 4.78 is 47.7. The molecule has 1 amide bonds. The standard InChI is InChI=1S/C24H18BrF3N2O3S/c1-32-16-6-7-19-18(11-16)17-8-9-30(22(21(17)29-19)20-10-14(25)12-34-20)23(31)13-2-4-15(5-3-13)33-24(26,27)28/h2-7,10-12,22,29H,8-9H2,1H3/t22-/m1/s1. The third kappa shape index (κ3) is 4.27. The third-order valence-corrected chi connectivity index (χ3v) is 7.53. The Morgan fingerprint density at radius 3 is 2.53 bits per heavy atom. The van der Waals surface area contributed by atoms with Gasteiger partial charge in [-0.2, -0.15) is 0 Å². The van der Waals surface area contributed by atoms with Gasteiger partial charge in [0.25, 0.3) is 5.91 Å². The molecule has 0 bridgehead atoms. The zero-order valence-electron chi connectivity index (χ0n) is 17.8. The van der Waals surface area contributed by atoms with E-state index in [1.165, 1.54) is 23.5 Å². The number of nitrogens with zero attached hydrogens (tertiary/aromatic N) is 1. The first-order valence-corrected chi connectivity index (χ1v) is 12.0. The number of thiophene rings is 1. The number of H-pyrrole nitrogens is 1. The van der Waals surface area contributed by atoms with Crippen molar-refractivity contribution in [2.45, 2.75) is 18.8 Å². The van der Waals surface area contributed by atoms with Gasteiger partial charge in [0.05, 0.1) is 7.11 Å². The quantitative estimate of drug-likeness (QED) is 0.308. The number of aromatic amines is 1. The number of hydrogen-bond acceptors (Lipinski definition) is 4. The predicted molar refractivity (Wildman–Crippen MR) is 127 cm³/mol. The van der Waals surface area contributed by atoms with Gasteiger partial charge < -0.3 is 19.4 Å². The maximum Gasteiger partial charge on any atom is 0.573 e. The van der Waals surface area contributed by atoms with E-state index in [9.17, 15) is 18.0 Å². The van der Waals surface area contributed by atoms with E-state index in [-0.39, 0.29) is 23.3 Å². The van der Waals surface area contributed by atoms with Gasteiger partial charge in [0, 0.05) is 43.4 Å². The van der Waals surface area contributed by atoms with Crippen molar-refractivity contribution in [3.8, 4) is 11.5 Å². The molecule has 1 aliphatic heterocycles. The smallest absolute Gasteiger partial charge is 0.497 e. The highest BCUT2D eigenvalue weighted by atomic mass is 79.9. The maximum absolute atomic E-state index is 13.5. The number of ether oxygens (including phenoxy) is 2. The molecule has 3 heterocycles. The minimum Gasteiger partial charge on any atom is -0.497 e. The second-order valence-electron chi connectivity index (χ2n) is 7.82. The molecule has 5 rings (SSSR count). The van der Waals surface area contributed by atoms with Gasteiger partial charge in [-0.15, -0.1) is 24.5 Å². The molecular weight excluding hydrogens is 533 g/mol. The maximum atomic E-state index is 13.5.